The average molecular weight is 412 g/mol. The Balaban J connectivity index is 1.72. The van der Waals surface area contributed by atoms with E-state index in [9.17, 15) is 13.2 Å². The van der Waals surface area contributed by atoms with E-state index >= 15 is 0 Å². The largest absolute Gasteiger partial charge is 0.288 e. The number of rotatable bonds is 3. The SMILES string of the molecule is O=C1/C(=C\c2cn(-c3ccccc3)nc2-c2ccccc2)S(=O)(=O)c2ccccc21. The smallest absolute Gasteiger partial charge is 0.211 e. The number of carbonyl (C=O) groups is 1. The number of benzene rings is 3. The van der Waals surface area contributed by atoms with E-state index in [-0.39, 0.29) is 15.4 Å². The van der Waals surface area contributed by atoms with Gasteiger partial charge in [0.25, 0.3) is 0 Å². The van der Waals surface area contributed by atoms with Crippen molar-refractivity contribution in [3.63, 3.8) is 0 Å². The fourth-order valence-electron chi connectivity index (χ4n) is 3.57. The van der Waals surface area contributed by atoms with Gasteiger partial charge in [0.1, 0.15) is 4.91 Å². The number of hydrogen-bond acceptors (Lipinski definition) is 4. The molecule has 2 heterocycles. The lowest BCUT2D eigenvalue weighted by atomic mass is 10.1. The number of aromatic nitrogens is 2. The van der Waals surface area contributed by atoms with E-state index in [4.69, 9.17) is 0 Å². The fraction of sp³-hybridized carbons (Fsp3) is 0. The molecule has 1 aliphatic rings. The van der Waals surface area contributed by atoms with Crippen LogP contribution in [0.3, 0.4) is 0 Å². The third kappa shape index (κ3) is 2.89. The van der Waals surface area contributed by atoms with Crippen molar-refractivity contribution in [3.05, 3.63) is 107 Å². The van der Waals surface area contributed by atoms with Gasteiger partial charge in [-0.3, -0.25) is 4.79 Å². The second kappa shape index (κ2) is 6.93. The van der Waals surface area contributed by atoms with Crippen molar-refractivity contribution >= 4 is 21.7 Å². The van der Waals surface area contributed by atoms with Crippen LogP contribution in [0, 0.1) is 0 Å². The van der Waals surface area contributed by atoms with Crippen LogP contribution in [0.2, 0.25) is 0 Å². The van der Waals surface area contributed by atoms with Crippen molar-refractivity contribution in [1.29, 1.82) is 0 Å². The molecule has 5 nitrogen and oxygen atoms in total. The summed E-state index contributed by atoms with van der Waals surface area (Å²) in [6.45, 7) is 0. The highest BCUT2D eigenvalue weighted by Gasteiger charge is 2.39. The van der Waals surface area contributed by atoms with E-state index in [1.807, 2.05) is 60.7 Å². The zero-order chi connectivity index (χ0) is 20.7. The average Bonchev–Trinajstić information content (AvgIpc) is 3.29. The Bertz CT molecular complexity index is 1400. The Morgan fingerprint density at radius 1 is 0.800 bits per heavy atom. The van der Waals surface area contributed by atoms with Crippen molar-refractivity contribution in [2.45, 2.75) is 4.90 Å². The van der Waals surface area contributed by atoms with Gasteiger partial charge >= 0.3 is 0 Å². The quantitative estimate of drug-likeness (QED) is 0.463. The summed E-state index contributed by atoms with van der Waals surface area (Å²) in [5.41, 5.74) is 3.04. The zero-order valence-electron chi connectivity index (χ0n) is 15.8. The van der Waals surface area contributed by atoms with Crippen LogP contribution in [0.25, 0.3) is 23.0 Å². The summed E-state index contributed by atoms with van der Waals surface area (Å²) in [5.74, 6) is -0.489. The fourth-order valence-corrected chi connectivity index (χ4v) is 5.15. The third-order valence-electron chi connectivity index (χ3n) is 5.03. The Morgan fingerprint density at radius 3 is 2.13 bits per heavy atom. The number of carbonyl (C=O) groups excluding carboxylic acids is 1. The van der Waals surface area contributed by atoms with Gasteiger partial charge in [-0.2, -0.15) is 5.10 Å². The molecule has 0 saturated carbocycles. The lowest BCUT2D eigenvalue weighted by molar-refractivity contribution is 0.104. The van der Waals surface area contributed by atoms with Crippen LogP contribution in [-0.2, 0) is 9.84 Å². The minimum atomic E-state index is -3.87. The Morgan fingerprint density at radius 2 is 1.43 bits per heavy atom. The van der Waals surface area contributed by atoms with E-state index in [0.29, 0.717) is 11.3 Å². The molecule has 6 heteroatoms. The van der Waals surface area contributed by atoms with Crippen LogP contribution in [0.15, 0.2) is 101 Å². The topological polar surface area (TPSA) is 69.0 Å². The number of Topliss-reactive ketones (excluding diaryl/α,β-unsaturated/α-hetero) is 1. The molecule has 5 rings (SSSR count). The number of allylic oxidation sites excluding steroid dienone is 1. The lowest BCUT2D eigenvalue weighted by Crippen LogP contribution is -2.02. The Kier molecular flexibility index (Phi) is 4.22. The molecule has 3 aromatic carbocycles. The Labute approximate surface area is 173 Å². The molecule has 1 aromatic heterocycles. The minimum absolute atomic E-state index is 0.0537. The summed E-state index contributed by atoms with van der Waals surface area (Å²) in [6, 6.07) is 25.3. The second-order valence-electron chi connectivity index (χ2n) is 6.92. The molecule has 146 valence electrons. The summed E-state index contributed by atoms with van der Waals surface area (Å²) in [5, 5.41) is 4.68. The van der Waals surface area contributed by atoms with E-state index in [0.717, 1.165) is 11.3 Å². The van der Waals surface area contributed by atoms with E-state index in [1.54, 1.807) is 29.1 Å². The molecule has 0 radical (unpaired) electrons. The van der Waals surface area contributed by atoms with Crippen LogP contribution in [0.4, 0.5) is 0 Å². The van der Waals surface area contributed by atoms with Gasteiger partial charge in [-0.05, 0) is 30.3 Å². The predicted molar refractivity (Wildman–Crippen MR) is 115 cm³/mol. The molecule has 0 N–H and O–H groups in total. The first-order chi connectivity index (χ1) is 14.6. The van der Waals surface area contributed by atoms with Gasteiger partial charge in [0.05, 0.1) is 16.3 Å². The predicted octanol–water partition coefficient (Wildman–Crippen LogP) is 4.55. The van der Waals surface area contributed by atoms with Crippen LogP contribution < -0.4 is 0 Å². The number of nitrogens with zero attached hydrogens (tertiary/aromatic N) is 2. The molecule has 0 atom stereocenters. The summed E-state index contributed by atoms with van der Waals surface area (Å²) in [6.07, 6.45) is 3.18. The van der Waals surface area contributed by atoms with E-state index < -0.39 is 15.6 Å². The van der Waals surface area contributed by atoms with Crippen molar-refractivity contribution in [2.75, 3.05) is 0 Å². The van der Waals surface area contributed by atoms with Gasteiger partial charge < -0.3 is 0 Å². The number of ketones is 1. The molecule has 0 unspecified atom stereocenters. The van der Waals surface area contributed by atoms with Gasteiger partial charge in [0.15, 0.2) is 0 Å². The van der Waals surface area contributed by atoms with Gasteiger partial charge in [-0.15, -0.1) is 0 Å². The van der Waals surface area contributed by atoms with Crippen molar-refractivity contribution in [3.8, 4) is 16.9 Å². The maximum Gasteiger partial charge on any atom is 0.211 e. The monoisotopic (exact) mass is 412 g/mol. The molecule has 0 amide bonds. The van der Waals surface area contributed by atoms with Crippen molar-refractivity contribution in [2.24, 2.45) is 0 Å². The molecule has 30 heavy (non-hydrogen) atoms. The highest BCUT2D eigenvalue weighted by atomic mass is 32.2. The molecule has 0 spiro atoms. The second-order valence-corrected chi connectivity index (χ2v) is 8.80. The molecular weight excluding hydrogens is 396 g/mol. The summed E-state index contributed by atoms with van der Waals surface area (Å²) in [4.78, 5) is 12.7. The van der Waals surface area contributed by atoms with Gasteiger partial charge in [-0.1, -0.05) is 60.7 Å². The molecule has 0 aliphatic carbocycles. The van der Waals surface area contributed by atoms with Crippen LogP contribution in [0.5, 0.6) is 0 Å². The zero-order valence-corrected chi connectivity index (χ0v) is 16.6. The van der Waals surface area contributed by atoms with Crippen LogP contribution in [0.1, 0.15) is 15.9 Å². The van der Waals surface area contributed by atoms with Crippen LogP contribution in [-0.4, -0.2) is 24.0 Å². The highest BCUT2D eigenvalue weighted by molar-refractivity contribution is 7.97. The first-order valence-corrected chi connectivity index (χ1v) is 10.8. The number of hydrogen-bond donors (Lipinski definition) is 0. The van der Waals surface area contributed by atoms with Gasteiger partial charge in [0.2, 0.25) is 15.6 Å². The Hall–Kier alpha value is -3.77. The first-order valence-electron chi connectivity index (χ1n) is 9.37. The van der Waals surface area contributed by atoms with E-state index in [2.05, 4.69) is 5.10 Å². The van der Waals surface area contributed by atoms with Crippen molar-refractivity contribution in [1.82, 2.24) is 9.78 Å². The first kappa shape index (κ1) is 18.3. The van der Waals surface area contributed by atoms with Gasteiger partial charge in [0, 0.05) is 22.9 Å². The molecular formula is C24H16N2O3S. The molecule has 0 saturated heterocycles. The summed E-state index contributed by atoms with van der Waals surface area (Å²) >= 11 is 0. The lowest BCUT2D eigenvalue weighted by Gasteiger charge is -2.00. The molecule has 0 fully saturated rings. The standard InChI is InChI=1S/C24H16N2O3S/c27-24-20-13-7-8-14-21(20)30(28,29)22(24)15-18-16-26(19-11-5-2-6-12-19)25-23(18)17-9-3-1-4-10-17/h1-16H/b22-15+. The van der Waals surface area contributed by atoms with Crippen molar-refractivity contribution < 1.29 is 13.2 Å². The summed E-state index contributed by atoms with van der Waals surface area (Å²) < 4.78 is 27.7. The highest BCUT2D eigenvalue weighted by Crippen LogP contribution is 2.36. The number of sulfone groups is 1. The normalized spacial score (nSPS) is 16.0. The summed E-state index contributed by atoms with van der Waals surface area (Å²) in [7, 11) is -3.87. The van der Waals surface area contributed by atoms with Crippen LogP contribution >= 0.6 is 0 Å². The molecule has 4 aromatic rings. The molecule has 0 bridgehead atoms. The number of fused-ring (bicyclic) bond motifs is 1. The third-order valence-corrected chi connectivity index (χ3v) is 6.85. The maximum absolute atomic E-state index is 13.0. The molecule has 1 aliphatic heterocycles. The minimum Gasteiger partial charge on any atom is -0.288 e. The maximum atomic E-state index is 13.0. The number of para-hydroxylation sites is 1. The van der Waals surface area contributed by atoms with Gasteiger partial charge in [-0.25, -0.2) is 13.1 Å². The van der Waals surface area contributed by atoms with E-state index in [1.165, 1.54) is 12.1 Å².